The molecule has 4 rings (SSSR count). The van der Waals surface area contributed by atoms with Gasteiger partial charge in [0.05, 0.1) is 0 Å². The van der Waals surface area contributed by atoms with E-state index >= 15 is 0 Å². The standard InChI is InChI=1S/C12H17N3O/c13-4-3-8-14-15-12(16-8)11-9-6-1-2-7(5-6)10(9)11/h6-7,9-11H,1-5,13H2. The minimum atomic E-state index is 0.588. The number of rotatable bonds is 3. The minimum Gasteiger partial charge on any atom is -0.425 e. The highest BCUT2D eigenvalue weighted by atomic mass is 16.4. The molecule has 0 aliphatic heterocycles. The Morgan fingerprint density at radius 3 is 2.62 bits per heavy atom. The van der Waals surface area contributed by atoms with Crippen molar-refractivity contribution in [1.29, 1.82) is 0 Å². The van der Waals surface area contributed by atoms with E-state index in [2.05, 4.69) is 10.2 Å². The number of fused-ring (bicyclic) bond motifs is 5. The van der Waals surface area contributed by atoms with E-state index in [1.807, 2.05) is 0 Å². The normalized spacial score (nSPS) is 43.7. The molecule has 0 saturated heterocycles. The van der Waals surface area contributed by atoms with Gasteiger partial charge in [-0.05, 0) is 42.9 Å². The Morgan fingerprint density at radius 1 is 1.19 bits per heavy atom. The summed E-state index contributed by atoms with van der Waals surface area (Å²) in [6, 6.07) is 0. The molecule has 3 fully saturated rings. The first kappa shape index (κ1) is 9.16. The molecule has 1 aromatic rings. The van der Waals surface area contributed by atoms with Crippen LogP contribution in [0.2, 0.25) is 0 Å². The lowest BCUT2D eigenvalue weighted by molar-refractivity contribution is 0.410. The van der Waals surface area contributed by atoms with E-state index in [-0.39, 0.29) is 0 Å². The first-order chi connectivity index (χ1) is 7.88. The second-order valence-corrected chi connectivity index (χ2v) is 5.59. The summed E-state index contributed by atoms with van der Waals surface area (Å²) in [5.41, 5.74) is 5.48. The first-order valence-electron chi connectivity index (χ1n) is 6.41. The Bertz CT molecular complexity index is 400. The molecule has 4 unspecified atom stereocenters. The van der Waals surface area contributed by atoms with Gasteiger partial charge < -0.3 is 10.2 Å². The monoisotopic (exact) mass is 219 g/mol. The van der Waals surface area contributed by atoms with Gasteiger partial charge in [-0.1, -0.05) is 0 Å². The third-order valence-corrected chi connectivity index (χ3v) is 4.86. The number of nitrogens with two attached hydrogens (primary N) is 1. The van der Waals surface area contributed by atoms with Gasteiger partial charge in [-0.25, -0.2) is 0 Å². The van der Waals surface area contributed by atoms with Crippen molar-refractivity contribution in [2.75, 3.05) is 6.54 Å². The molecule has 2 N–H and O–H groups in total. The van der Waals surface area contributed by atoms with Crippen molar-refractivity contribution in [3.63, 3.8) is 0 Å². The first-order valence-corrected chi connectivity index (χ1v) is 6.41. The van der Waals surface area contributed by atoms with Gasteiger partial charge in [-0.15, -0.1) is 10.2 Å². The summed E-state index contributed by atoms with van der Waals surface area (Å²) >= 11 is 0. The highest BCUT2D eigenvalue weighted by Crippen LogP contribution is 2.72. The maximum absolute atomic E-state index is 5.71. The van der Waals surface area contributed by atoms with E-state index < -0.39 is 0 Å². The van der Waals surface area contributed by atoms with Crippen molar-refractivity contribution < 1.29 is 4.42 Å². The van der Waals surface area contributed by atoms with Crippen LogP contribution >= 0.6 is 0 Å². The molecule has 3 saturated carbocycles. The number of hydrogen-bond donors (Lipinski definition) is 1. The van der Waals surface area contributed by atoms with Crippen LogP contribution in [0.4, 0.5) is 0 Å². The van der Waals surface area contributed by atoms with Crippen molar-refractivity contribution in [3.05, 3.63) is 11.8 Å². The van der Waals surface area contributed by atoms with Gasteiger partial charge in [-0.3, -0.25) is 0 Å². The highest BCUT2D eigenvalue weighted by molar-refractivity contribution is 5.22. The van der Waals surface area contributed by atoms with Crippen molar-refractivity contribution in [1.82, 2.24) is 10.2 Å². The largest absolute Gasteiger partial charge is 0.425 e. The van der Waals surface area contributed by atoms with Crippen molar-refractivity contribution in [3.8, 4) is 0 Å². The molecule has 4 atom stereocenters. The summed E-state index contributed by atoms with van der Waals surface area (Å²) in [5.74, 6) is 5.90. The molecule has 4 heteroatoms. The SMILES string of the molecule is NCCc1nnc(C2C3C4CCC(C4)C23)o1. The van der Waals surface area contributed by atoms with Gasteiger partial charge in [0, 0.05) is 18.9 Å². The van der Waals surface area contributed by atoms with Crippen LogP contribution in [0.25, 0.3) is 0 Å². The predicted molar refractivity (Wildman–Crippen MR) is 57.6 cm³/mol. The molecule has 3 aliphatic carbocycles. The molecular formula is C12H17N3O. The number of hydrogen-bond acceptors (Lipinski definition) is 4. The Morgan fingerprint density at radius 2 is 1.94 bits per heavy atom. The van der Waals surface area contributed by atoms with E-state index in [1.54, 1.807) is 0 Å². The zero-order valence-corrected chi connectivity index (χ0v) is 9.30. The fraction of sp³-hybridized carbons (Fsp3) is 0.833. The van der Waals surface area contributed by atoms with E-state index in [0.29, 0.717) is 18.9 Å². The lowest BCUT2D eigenvalue weighted by Crippen LogP contribution is -2.02. The molecule has 0 spiro atoms. The number of aromatic nitrogens is 2. The van der Waals surface area contributed by atoms with E-state index in [9.17, 15) is 0 Å². The Labute approximate surface area is 94.6 Å². The summed E-state index contributed by atoms with van der Waals surface area (Å²) in [7, 11) is 0. The van der Waals surface area contributed by atoms with Crippen LogP contribution < -0.4 is 5.73 Å². The fourth-order valence-electron chi connectivity index (χ4n) is 4.28. The second-order valence-electron chi connectivity index (χ2n) is 5.59. The summed E-state index contributed by atoms with van der Waals surface area (Å²) in [6.07, 6.45) is 5.05. The topological polar surface area (TPSA) is 64.9 Å². The maximum atomic E-state index is 5.71. The molecule has 1 heterocycles. The lowest BCUT2D eigenvalue weighted by Gasteiger charge is -2.04. The van der Waals surface area contributed by atoms with Crippen LogP contribution in [0.3, 0.4) is 0 Å². The smallest absolute Gasteiger partial charge is 0.220 e. The number of nitrogens with zero attached hydrogens (tertiary/aromatic N) is 2. The summed E-state index contributed by atoms with van der Waals surface area (Å²) in [4.78, 5) is 0. The van der Waals surface area contributed by atoms with Gasteiger partial charge in [0.1, 0.15) is 0 Å². The van der Waals surface area contributed by atoms with E-state index in [1.165, 1.54) is 19.3 Å². The minimum absolute atomic E-state index is 0.588. The average Bonchev–Trinajstić information content (AvgIpc) is 2.73. The summed E-state index contributed by atoms with van der Waals surface area (Å²) in [5, 5.41) is 8.27. The third kappa shape index (κ3) is 1.08. The van der Waals surface area contributed by atoms with Crippen LogP contribution in [0.5, 0.6) is 0 Å². The molecule has 86 valence electrons. The van der Waals surface area contributed by atoms with Crippen molar-refractivity contribution in [2.45, 2.75) is 31.6 Å². The van der Waals surface area contributed by atoms with Gasteiger partial charge in [0.25, 0.3) is 0 Å². The Balaban J connectivity index is 1.55. The molecule has 4 nitrogen and oxygen atoms in total. The predicted octanol–water partition coefficient (Wildman–Crippen LogP) is 1.33. The lowest BCUT2D eigenvalue weighted by atomic mass is 10.0. The summed E-state index contributed by atoms with van der Waals surface area (Å²) < 4.78 is 5.71. The molecule has 2 bridgehead atoms. The zero-order valence-electron chi connectivity index (χ0n) is 9.30. The molecule has 0 amide bonds. The van der Waals surface area contributed by atoms with Gasteiger partial charge in [-0.2, -0.15) is 0 Å². The Hall–Kier alpha value is -0.900. The maximum Gasteiger partial charge on any atom is 0.220 e. The van der Waals surface area contributed by atoms with Crippen LogP contribution in [0, 0.1) is 23.7 Å². The van der Waals surface area contributed by atoms with Crippen LogP contribution in [0.15, 0.2) is 4.42 Å². The Kier molecular flexibility index (Phi) is 1.76. The van der Waals surface area contributed by atoms with Crippen molar-refractivity contribution >= 4 is 0 Å². The van der Waals surface area contributed by atoms with Crippen LogP contribution in [-0.4, -0.2) is 16.7 Å². The van der Waals surface area contributed by atoms with Gasteiger partial charge in [0.2, 0.25) is 11.8 Å². The molecular weight excluding hydrogens is 202 g/mol. The fourth-order valence-corrected chi connectivity index (χ4v) is 4.28. The molecule has 0 radical (unpaired) electrons. The van der Waals surface area contributed by atoms with E-state index in [4.69, 9.17) is 10.2 Å². The zero-order chi connectivity index (χ0) is 10.7. The van der Waals surface area contributed by atoms with Gasteiger partial charge in [0.15, 0.2) is 0 Å². The van der Waals surface area contributed by atoms with Crippen LogP contribution in [-0.2, 0) is 6.42 Å². The van der Waals surface area contributed by atoms with E-state index in [0.717, 1.165) is 35.5 Å². The van der Waals surface area contributed by atoms with Crippen molar-refractivity contribution in [2.24, 2.45) is 29.4 Å². The molecule has 16 heavy (non-hydrogen) atoms. The van der Waals surface area contributed by atoms with Gasteiger partial charge >= 0.3 is 0 Å². The molecule has 3 aliphatic rings. The van der Waals surface area contributed by atoms with Crippen LogP contribution in [0.1, 0.15) is 37.0 Å². The third-order valence-electron chi connectivity index (χ3n) is 4.86. The highest BCUT2D eigenvalue weighted by Gasteiger charge is 2.67. The molecule has 1 aromatic heterocycles. The summed E-state index contributed by atoms with van der Waals surface area (Å²) in [6.45, 7) is 0.588. The quantitative estimate of drug-likeness (QED) is 0.833. The second kappa shape index (κ2) is 3.06. The average molecular weight is 219 g/mol. The molecule has 0 aromatic carbocycles.